The van der Waals surface area contributed by atoms with Crippen LogP contribution in [-0.4, -0.2) is 18.1 Å². The zero-order valence-corrected chi connectivity index (χ0v) is 13.6. The molecule has 1 aromatic heterocycles. The number of methoxy groups -OCH3 is 1. The summed E-state index contributed by atoms with van der Waals surface area (Å²) in [6.45, 7) is 6.78. The zero-order chi connectivity index (χ0) is 14.5. The molecule has 0 radical (unpaired) electrons. The van der Waals surface area contributed by atoms with Gasteiger partial charge in [-0.1, -0.05) is 38.0 Å². The van der Waals surface area contributed by atoms with Crippen molar-refractivity contribution in [3.63, 3.8) is 0 Å². The van der Waals surface area contributed by atoms with Gasteiger partial charge in [-0.05, 0) is 37.5 Å². The molecule has 0 spiro atoms. The second kappa shape index (κ2) is 6.93. The number of hydrogen-bond donors (Lipinski definition) is 1. The molecule has 0 amide bonds. The summed E-state index contributed by atoms with van der Waals surface area (Å²) in [5.74, 6) is 1.68. The standard InChI is InChI=1S/C16H24N2OS/c1-11(2)6-5-7-12(3)17-16-18-14-9-8-13(19-4)10-15(14)20-16/h8-12H,5-7H2,1-4H3,(H,17,18). The second-order valence-corrected chi connectivity index (χ2v) is 6.75. The second-order valence-electron chi connectivity index (χ2n) is 5.72. The van der Waals surface area contributed by atoms with Crippen molar-refractivity contribution in [1.29, 1.82) is 0 Å². The van der Waals surface area contributed by atoms with Crippen LogP contribution >= 0.6 is 11.3 Å². The normalized spacial score (nSPS) is 12.8. The van der Waals surface area contributed by atoms with Gasteiger partial charge in [0.1, 0.15) is 5.75 Å². The van der Waals surface area contributed by atoms with E-state index in [1.54, 1.807) is 18.4 Å². The van der Waals surface area contributed by atoms with Crippen LogP contribution in [0.15, 0.2) is 18.2 Å². The van der Waals surface area contributed by atoms with E-state index in [2.05, 4.69) is 31.1 Å². The summed E-state index contributed by atoms with van der Waals surface area (Å²) in [6, 6.07) is 6.48. The maximum atomic E-state index is 5.25. The monoisotopic (exact) mass is 292 g/mol. The van der Waals surface area contributed by atoms with Crippen LogP contribution in [0.2, 0.25) is 0 Å². The first-order chi connectivity index (χ1) is 9.58. The van der Waals surface area contributed by atoms with Gasteiger partial charge in [0.25, 0.3) is 0 Å². The topological polar surface area (TPSA) is 34.1 Å². The van der Waals surface area contributed by atoms with Crippen LogP contribution in [0.4, 0.5) is 5.13 Å². The van der Waals surface area contributed by atoms with Crippen LogP contribution in [0, 0.1) is 5.92 Å². The van der Waals surface area contributed by atoms with Gasteiger partial charge in [-0.3, -0.25) is 0 Å². The maximum absolute atomic E-state index is 5.25. The fourth-order valence-electron chi connectivity index (χ4n) is 2.21. The van der Waals surface area contributed by atoms with E-state index in [1.807, 2.05) is 18.2 Å². The first-order valence-corrected chi connectivity index (χ1v) is 8.11. The van der Waals surface area contributed by atoms with E-state index < -0.39 is 0 Å². The number of hydrogen-bond acceptors (Lipinski definition) is 4. The third-order valence-electron chi connectivity index (χ3n) is 3.38. The highest BCUT2D eigenvalue weighted by molar-refractivity contribution is 7.22. The van der Waals surface area contributed by atoms with Crippen molar-refractivity contribution in [2.75, 3.05) is 12.4 Å². The Morgan fingerprint density at radius 1 is 1.25 bits per heavy atom. The van der Waals surface area contributed by atoms with Gasteiger partial charge in [0, 0.05) is 6.04 Å². The van der Waals surface area contributed by atoms with Crippen molar-refractivity contribution in [2.45, 2.75) is 46.1 Å². The Labute approximate surface area is 125 Å². The summed E-state index contributed by atoms with van der Waals surface area (Å²) >= 11 is 1.69. The van der Waals surface area contributed by atoms with Gasteiger partial charge in [-0.15, -0.1) is 0 Å². The SMILES string of the molecule is COc1ccc2nc(NC(C)CCCC(C)C)sc2c1. The molecule has 4 heteroatoms. The molecule has 110 valence electrons. The Bertz CT molecular complexity index is 550. The largest absolute Gasteiger partial charge is 0.497 e. The summed E-state index contributed by atoms with van der Waals surface area (Å²) in [4.78, 5) is 4.62. The predicted octanol–water partition coefficient (Wildman–Crippen LogP) is 4.93. The average molecular weight is 292 g/mol. The Morgan fingerprint density at radius 3 is 2.75 bits per heavy atom. The molecule has 1 aromatic carbocycles. The molecule has 0 aliphatic rings. The summed E-state index contributed by atoms with van der Waals surface area (Å²) in [6.07, 6.45) is 3.76. The highest BCUT2D eigenvalue weighted by atomic mass is 32.1. The molecule has 0 bridgehead atoms. The maximum Gasteiger partial charge on any atom is 0.184 e. The Morgan fingerprint density at radius 2 is 2.05 bits per heavy atom. The van der Waals surface area contributed by atoms with Gasteiger partial charge in [0.2, 0.25) is 0 Å². The van der Waals surface area contributed by atoms with Crippen molar-refractivity contribution in [3.05, 3.63) is 18.2 Å². The molecule has 2 rings (SSSR count). The van der Waals surface area contributed by atoms with Crippen LogP contribution in [0.25, 0.3) is 10.2 Å². The molecule has 0 fully saturated rings. The number of ether oxygens (including phenoxy) is 1. The van der Waals surface area contributed by atoms with Gasteiger partial charge < -0.3 is 10.1 Å². The molecule has 1 atom stereocenters. The number of nitrogens with one attached hydrogen (secondary N) is 1. The molecule has 2 aromatic rings. The van der Waals surface area contributed by atoms with E-state index in [4.69, 9.17) is 4.74 Å². The molecule has 3 nitrogen and oxygen atoms in total. The number of nitrogens with zero attached hydrogens (tertiary/aromatic N) is 1. The molecule has 0 aliphatic carbocycles. The summed E-state index contributed by atoms with van der Waals surface area (Å²) in [7, 11) is 1.69. The third-order valence-corrected chi connectivity index (χ3v) is 4.33. The van der Waals surface area contributed by atoms with Crippen LogP contribution in [-0.2, 0) is 0 Å². The van der Waals surface area contributed by atoms with Crippen molar-refractivity contribution >= 4 is 26.7 Å². The fraction of sp³-hybridized carbons (Fsp3) is 0.562. The minimum atomic E-state index is 0.469. The van der Waals surface area contributed by atoms with E-state index in [9.17, 15) is 0 Å². The smallest absolute Gasteiger partial charge is 0.184 e. The van der Waals surface area contributed by atoms with Crippen LogP contribution in [0.3, 0.4) is 0 Å². The van der Waals surface area contributed by atoms with Crippen LogP contribution in [0.1, 0.15) is 40.0 Å². The van der Waals surface area contributed by atoms with Crippen molar-refractivity contribution in [3.8, 4) is 5.75 Å². The highest BCUT2D eigenvalue weighted by Gasteiger charge is 2.08. The van der Waals surface area contributed by atoms with Gasteiger partial charge in [0.15, 0.2) is 5.13 Å². The quantitative estimate of drug-likeness (QED) is 0.785. The summed E-state index contributed by atoms with van der Waals surface area (Å²) in [5.41, 5.74) is 1.03. The fourth-order valence-corrected chi connectivity index (χ4v) is 3.21. The van der Waals surface area contributed by atoms with Crippen LogP contribution < -0.4 is 10.1 Å². The summed E-state index contributed by atoms with van der Waals surface area (Å²) < 4.78 is 6.41. The van der Waals surface area contributed by atoms with Crippen LogP contribution in [0.5, 0.6) is 5.75 Å². The van der Waals surface area contributed by atoms with E-state index >= 15 is 0 Å². The van der Waals surface area contributed by atoms with Gasteiger partial charge >= 0.3 is 0 Å². The minimum absolute atomic E-state index is 0.469. The Hall–Kier alpha value is -1.29. The third kappa shape index (κ3) is 4.10. The lowest BCUT2D eigenvalue weighted by Crippen LogP contribution is -2.14. The molecular weight excluding hydrogens is 268 g/mol. The average Bonchev–Trinajstić information content (AvgIpc) is 2.78. The van der Waals surface area contributed by atoms with Crippen molar-refractivity contribution < 1.29 is 4.74 Å². The number of aromatic nitrogens is 1. The number of thiazole rings is 1. The predicted molar refractivity (Wildman–Crippen MR) is 87.9 cm³/mol. The minimum Gasteiger partial charge on any atom is -0.497 e. The Balaban J connectivity index is 1.95. The van der Waals surface area contributed by atoms with Gasteiger partial charge in [-0.2, -0.15) is 0 Å². The molecule has 1 N–H and O–H groups in total. The number of benzene rings is 1. The van der Waals surface area contributed by atoms with Gasteiger partial charge in [-0.25, -0.2) is 4.98 Å². The van der Waals surface area contributed by atoms with E-state index in [1.165, 1.54) is 24.0 Å². The van der Waals surface area contributed by atoms with E-state index in [0.29, 0.717) is 6.04 Å². The van der Waals surface area contributed by atoms with Crippen molar-refractivity contribution in [1.82, 2.24) is 4.98 Å². The lowest BCUT2D eigenvalue weighted by Gasteiger charge is -2.13. The first-order valence-electron chi connectivity index (χ1n) is 7.29. The lowest BCUT2D eigenvalue weighted by molar-refractivity contribution is 0.415. The zero-order valence-electron chi connectivity index (χ0n) is 12.8. The van der Waals surface area contributed by atoms with E-state index in [0.717, 1.165) is 22.3 Å². The first kappa shape index (κ1) is 15.1. The number of rotatable bonds is 7. The number of fused-ring (bicyclic) bond motifs is 1. The molecular formula is C16H24N2OS. The van der Waals surface area contributed by atoms with E-state index in [-0.39, 0.29) is 0 Å². The van der Waals surface area contributed by atoms with Crippen molar-refractivity contribution in [2.24, 2.45) is 5.92 Å². The highest BCUT2D eigenvalue weighted by Crippen LogP contribution is 2.29. The molecule has 1 heterocycles. The molecule has 1 unspecified atom stereocenters. The molecule has 20 heavy (non-hydrogen) atoms. The summed E-state index contributed by atoms with van der Waals surface area (Å²) in [5, 5.41) is 4.51. The Kier molecular flexibility index (Phi) is 5.24. The molecule has 0 saturated heterocycles. The van der Waals surface area contributed by atoms with Gasteiger partial charge in [0.05, 0.1) is 17.3 Å². The molecule has 0 aliphatic heterocycles. The molecule has 0 saturated carbocycles. The number of anilines is 1. The lowest BCUT2D eigenvalue weighted by atomic mass is 10.0.